The lowest BCUT2D eigenvalue weighted by molar-refractivity contribution is -0.122. The van der Waals surface area contributed by atoms with Gasteiger partial charge in [-0.3, -0.25) is 14.6 Å². The number of hydrogen-bond donors (Lipinski definition) is 2. The number of carbonyl (C=O) groups is 2. The van der Waals surface area contributed by atoms with Gasteiger partial charge >= 0.3 is 0 Å². The Hall–Kier alpha value is -1.88. The minimum atomic E-state index is 0.00273. The smallest absolute Gasteiger partial charge is 0.222 e. The standard InChI is InChI=1S/C22H42N4O6/c1-5-19(4)21(27)16-24-15-20(26-23)17-32-13-12-31-11-10-30-9-8-29-7-6-22(28)25-14-18(2)3/h15,18-19H,5-14,16-17,23H2,1-4H3,(H,25,28)/b24-15?,26-20+. The van der Waals surface area contributed by atoms with Gasteiger partial charge in [-0.15, -0.1) is 0 Å². The van der Waals surface area contributed by atoms with Gasteiger partial charge in [-0.1, -0.05) is 27.7 Å². The van der Waals surface area contributed by atoms with E-state index >= 15 is 0 Å². The van der Waals surface area contributed by atoms with Crippen molar-refractivity contribution in [2.75, 3.05) is 65.9 Å². The van der Waals surface area contributed by atoms with Gasteiger partial charge < -0.3 is 30.1 Å². The fourth-order valence-electron chi connectivity index (χ4n) is 2.14. The molecular weight excluding hydrogens is 416 g/mol. The number of aliphatic imine (C=N–C) groups is 1. The van der Waals surface area contributed by atoms with Crippen LogP contribution in [0.1, 0.15) is 40.5 Å². The summed E-state index contributed by atoms with van der Waals surface area (Å²) in [5.74, 6) is 5.85. The maximum absolute atomic E-state index is 11.7. The number of rotatable bonds is 21. The van der Waals surface area contributed by atoms with Crippen LogP contribution in [0.5, 0.6) is 0 Å². The molecule has 0 spiro atoms. The predicted octanol–water partition coefficient (Wildman–Crippen LogP) is 1.22. The zero-order chi connectivity index (χ0) is 24.0. The summed E-state index contributed by atoms with van der Waals surface area (Å²) < 4.78 is 21.6. The molecule has 0 fully saturated rings. The number of Topliss-reactive ketones (excluding diaryl/α,β-unsaturated/α-hetero) is 1. The molecule has 0 aromatic rings. The second-order valence-electron chi connectivity index (χ2n) is 7.70. The van der Waals surface area contributed by atoms with Crippen molar-refractivity contribution in [2.45, 2.75) is 40.5 Å². The van der Waals surface area contributed by atoms with Gasteiger partial charge in [0.1, 0.15) is 5.71 Å². The number of hydrogen-bond acceptors (Lipinski definition) is 9. The van der Waals surface area contributed by atoms with E-state index in [1.807, 2.05) is 13.8 Å². The molecule has 186 valence electrons. The SMILES string of the molecule is CCC(C)C(=O)CN=C/C(COCCOCCOCCOCCC(=O)NCC(C)C)=N\N. The molecule has 0 aliphatic carbocycles. The predicted molar refractivity (Wildman–Crippen MR) is 125 cm³/mol. The van der Waals surface area contributed by atoms with Gasteiger partial charge in [-0.05, 0) is 12.3 Å². The number of carbonyl (C=O) groups excluding carboxylic acids is 2. The second-order valence-corrected chi connectivity index (χ2v) is 7.70. The van der Waals surface area contributed by atoms with Crippen LogP contribution in [-0.2, 0) is 28.5 Å². The van der Waals surface area contributed by atoms with Crippen molar-refractivity contribution < 1.29 is 28.5 Å². The minimum absolute atomic E-state index is 0.00273. The highest BCUT2D eigenvalue weighted by atomic mass is 16.6. The summed E-state index contributed by atoms with van der Waals surface area (Å²) >= 11 is 0. The zero-order valence-electron chi connectivity index (χ0n) is 20.1. The summed E-state index contributed by atoms with van der Waals surface area (Å²) in [6.45, 7) is 11.9. The molecule has 0 heterocycles. The third-order valence-corrected chi connectivity index (χ3v) is 4.36. The van der Waals surface area contributed by atoms with Crippen LogP contribution in [0, 0.1) is 11.8 Å². The van der Waals surface area contributed by atoms with E-state index in [2.05, 4.69) is 29.3 Å². The largest absolute Gasteiger partial charge is 0.379 e. The van der Waals surface area contributed by atoms with Crippen molar-refractivity contribution >= 4 is 23.6 Å². The monoisotopic (exact) mass is 458 g/mol. The molecule has 0 bridgehead atoms. The van der Waals surface area contributed by atoms with Gasteiger partial charge in [0.2, 0.25) is 5.91 Å². The molecule has 32 heavy (non-hydrogen) atoms. The van der Waals surface area contributed by atoms with Crippen molar-refractivity contribution in [3.8, 4) is 0 Å². The number of nitrogens with two attached hydrogens (primary N) is 1. The Morgan fingerprint density at radius 2 is 1.50 bits per heavy atom. The highest BCUT2D eigenvalue weighted by Crippen LogP contribution is 2.01. The number of ether oxygens (including phenoxy) is 4. The Bertz CT molecular complexity index is 555. The lowest BCUT2D eigenvalue weighted by atomic mass is 10.0. The fraction of sp³-hybridized carbons (Fsp3) is 0.818. The molecule has 1 unspecified atom stereocenters. The molecule has 0 radical (unpaired) electrons. The summed E-state index contributed by atoms with van der Waals surface area (Å²) in [7, 11) is 0. The van der Waals surface area contributed by atoms with E-state index in [0.717, 1.165) is 6.42 Å². The van der Waals surface area contributed by atoms with Crippen LogP contribution in [-0.4, -0.2) is 89.6 Å². The summed E-state index contributed by atoms with van der Waals surface area (Å²) in [6.07, 6.45) is 2.62. The van der Waals surface area contributed by atoms with E-state index in [1.165, 1.54) is 6.21 Å². The highest BCUT2D eigenvalue weighted by molar-refractivity contribution is 6.31. The number of nitrogens with one attached hydrogen (secondary N) is 1. The van der Waals surface area contributed by atoms with E-state index in [0.29, 0.717) is 70.8 Å². The van der Waals surface area contributed by atoms with E-state index in [9.17, 15) is 9.59 Å². The average Bonchev–Trinajstić information content (AvgIpc) is 2.78. The molecule has 1 amide bonds. The summed E-state index contributed by atoms with van der Waals surface area (Å²) in [5.41, 5.74) is 0.461. The van der Waals surface area contributed by atoms with Gasteiger partial charge in [-0.2, -0.15) is 5.10 Å². The third-order valence-electron chi connectivity index (χ3n) is 4.36. The van der Waals surface area contributed by atoms with Crippen molar-refractivity contribution in [2.24, 2.45) is 27.8 Å². The first-order valence-electron chi connectivity index (χ1n) is 11.3. The average molecular weight is 459 g/mol. The fourth-order valence-corrected chi connectivity index (χ4v) is 2.14. The van der Waals surface area contributed by atoms with E-state index < -0.39 is 0 Å². The maximum Gasteiger partial charge on any atom is 0.222 e. The van der Waals surface area contributed by atoms with Crippen LogP contribution in [0.3, 0.4) is 0 Å². The molecule has 10 nitrogen and oxygen atoms in total. The topological polar surface area (TPSA) is 134 Å². The second kappa shape index (κ2) is 21.0. The van der Waals surface area contributed by atoms with Crippen LogP contribution in [0.4, 0.5) is 0 Å². The summed E-state index contributed by atoms with van der Waals surface area (Å²) in [5, 5.41) is 6.44. The van der Waals surface area contributed by atoms with Crippen LogP contribution in [0.15, 0.2) is 10.1 Å². The van der Waals surface area contributed by atoms with E-state index in [4.69, 9.17) is 24.8 Å². The first-order valence-corrected chi connectivity index (χ1v) is 11.3. The lowest BCUT2D eigenvalue weighted by Crippen LogP contribution is -2.28. The van der Waals surface area contributed by atoms with E-state index in [-0.39, 0.29) is 30.8 Å². The molecule has 10 heteroatoms. The zero-order valence-corrected chi connectivity index (χ0v) is 20.1. The first kappa shape index (κ1) is 30.1. The van der Waals surface area contributed by atoms with Crippen molar-refractivity contribution in [3.05, 3.63) is 0 Å². The van der Waals surface area contributed by atoms with Crippen LogP contribution in [0.25, 0.3) is 0 Å². The van der Waals surface area contributed by atoms with Gasteiger partial charge in [0, 0.05) is 25.1 Å². The van der Waals surface area contributed by atoms with Crippen molar-refractivity contribution in [1.82, 2.24) is 5.32 Å². The Kier molecular flexibility index (Phi) is 19.8. The van der Waals surface area contributed by atoms with Crippen LogP contribution < -0.4 is 11.2 Å². The Morgan fingerprint density at radius 1 is 0.938 bits per heavy atom. The Balaban J connectivity index is 3.51. The van der Waals surface area contributed by atoms with Gasteiger partial charge in [0.25, 0.3) is 0 Å². The van der Waals surface area contributed by atoms with Crippen LogP contribution in [0.2, 0.25) is 0 Å². The Morgan fingerprint density at radius 3 is 2.03 bits per heavy atom. The quantitative estimate of drug-likeness (QED) is 0.114. The molecule has 0 saturated carbocycles. The van der Waals surface area contributed by atoms with Gasteiger partial charge in [-0.25, -0.2) is 0 Å². The number of ketones is 1. The Labute approximate surface area is 192 Å². The highest BCUT2D eigenvalue weighted by Gasteiger charge is 2.08. The summed E-state index contributed by atoms with van der Waals surface area (Å²) in [6, 6.07) is 0. The minimum Gasteiger partial charge on any atom is -0.379 e. The van der Waals surface area contributed by atoms with E-state index in [1.54, 1.807) is 0 Å². The molecule has 1 atom stereocenters. The molecule has 0 saturated heterocycles. The third kappa shape index (κ3) is 18.9. The normalized spacial score (nSPS) is 13.1. The molecule has 0 rings (SSSR count). The molecule has 3 N–H and O–H groups in total. The van der Waals surface area contributed by atoms with Gasteiger partial charge in [0.15, 0.2) is 5.78 Å². The molecule has 0 aliphatic heterocycles. The van der Waals surface area contributed by atoms with Gasteiger partial charge in [0.05, 0.1) is 59.4 Å². The molecule has 0 aliphatic rings. The first-order chi connectivity index (χ1) is 15.4. The molecule has 0 aromatic heterocycles. The number of nitrogens with zero attached hydrogens (tertiary/aromatic N) is 2. The molecular formula is C22H42N4O6. The van der Waals surface area contributed by atoms with Crippen LogP contribution >= 0.6 is 0 Å². The molecule has 0 aromatic carbocycles. The maximum atomic E-state index is 11.7. The summed E-state index contributed by atoms with van der Waals surface area (Å²) in [4.78, 5) is 27.3. The van der Waals surface area contributed by atoms with Crippen molar-refractivity contribution in [3.63, 3.8) is 0 Å². The van der Waals surface area contributed by atoms with Crippen molar-refractivity contribution in [1.29, 1.82) is 0 Å². The lowest BCUT2D eigenvalue weighted by Gasteiger charge is -2.09. The number of hydrazone groups is 1. The number of amides is 1.